The van der Waals surface area contributed by atoms with Gasteiger partial charge in [-0.3, -0.25) is 4.79 Å². The van der Waals surface area contributed by atoms with E-state index in [1.807, 2.05) is 0 Å². The number of carbonyl (C=O) groups is 1. The minimum Gasteiger partial charge on any atom is -0.507 e. The first-order chi connectivity index (χ1) is 13.1. The fourth-order valence-electron chi connectivity index (χ4n) is 2.85. The number of para-hydroxylation sites is 2. The van der Waals surface area contributed by atoms with Crippen LogP contribution in [0.2, 0.25) is 0 Å². The van der Waals surface area contributed by atoms with Gasteiger partial charge in [-0.2, -0.15) is 0 Å². The monoisotopic (exact) mass is 368 g/mol. The molecular weight excluding hydrogens is 352 g/mol. The number of carbonyl (C=O) groups excluding carboxylic acids is 1. The summed E-state index contributed by atoms with van der Waals surface area (Å²) in [6.45, 7) is 0.0908. The molecule has 4 rings (SSSR count). The molecule has 2 atom stereocenters. The van der Waals surface area contributed by atoms with Gasteiger partial charge in [0.05, 0.1) is 17.6 Å². The number of ether oxygens (including phenoxy) is 3. The van der Waals surface area contributed by atoms with Crippen LogP contribution in [0.25, 0.3) is 11.0 Å². The molecule has 0 bridgehead atoms. The SMILES string of the molecule is O=C(OCC1COC(c2coc3ccccc3c2=O)O1)c1ccccc1O. The Labute approximate surface area is 153 Å². The van der Waals surface area contributed by atoms with E-state index < -0.39 is 18.4 Å². The lowest BCUT2D eigenvalue weighted by Crippen LogP contribution is -2.21. The first-order valence-corrected chi connectivity index (χ1v) is 8.36. The van der Waals surface area contributed by atoms with Crippen LogP contribution in [-0.2, 0) is 14.2 Å². The van der Waals surface area contributed by atoms with Gasteiger partial charge in [0.25, 0.3) is 0 Å². The van der Waals surface area contributed by atoms with Gasteiger partial charge in [0.15, 0.2) is 6.29 Å². The molecule has 7 nitrogen and oxygen atoms in total. The number of fused-ring (bicyclic) bond motifs is 1. The van der Waals surface area contributed by atoms with Crippen LogP contribution < -0.4 is 5.43 Å². The van der Waals surface area contributed by atoms with E-state index in [0.717, 1.165) is 0 Å². The first-order valence-electron chi connectivity index (χ1n) is 8.36. The summed E-state index contributed by atoms with van der Waals surface area (Å²) in [5, 5.41) is 10.1. The lowest BCUT2D eigenvalue weighted by Gasteiger charge is -2.12. The second-order valence-corrected chi connectivity index (χ2v) is 6.06. The van der Waals surface area contributed by atoms with Crippen molar-refractivity contribution in [1.29, 1.82) is 0 Å². The predicted molar refractivity (Wildman–Crippen MR) is 94.4 cm³/mol. The molecule has 3 aromatic rings. The van der Waals surface area contributed by atoms with Gasteiger partial charge in [-0.05, 0) is 24.3 Å². The van der Waals surface area contributed by atoms with E-state index in [9.17, 15) is 14.7 Å². The number of phenols is 1. The summed E-state index contributed by atoms with van der Waals surface area (Å²) in [5.74, 6) is -0.817. The molecule has 2 unspecified atom stereocenters. The molecule has 1 aromatic heterocycles. The summed E-state index contributed by atoms with van der Waals surface area (Å²) in [6.07, 6.45) is -0.0958. The molecule has 0 radical (unpaired) electrons. The zero-order chi connectivity index (χ0) is 18.8. The van der Waals surface area contributed by atoms with Crippen molar-refractivity contribution in [2.45, 2.75) is 12.4 Å². The highest BCUT2D eigenvalue weighted by molar-refractivity contribution is 5.92. The highest BCUT2D eigenvalue weighted by Gasteiger charge is 2.31. The van der Waals surface area contributed by atoms with Crippen molar-refractivity contribution in [2.75, 3.05) is 13.2 Å². The molecule has 0 saturated carbocycles. The largest absolute Gasteiger partial charge is 0.507 e. The smallest absolute Gasteiger partial charge is 0.342 e. The highest BCUT2D eigenvalue weighted by atomic mass is 16.7. The van der Waals surface area contributed by atoms with E-state index in [4.69, 9.17) is 18.6 Å². The Morgan fingerprint density at radius 3 is 2.78 bits per heavy atom. The van der Waals surface area contributed by atoms with Crippen LogP contribution in [-0.4, -0.2) is 30.4 Å². The quantitative estimate of drug-likeness (QED) is 0.708. The van der Waals surface area contributed by atoms with Crippen LogP contribution in [0, 0.1) is 0 Å². The molecule has 0 spiro atoms. The number of rotatable bonds is 4. The van der Waals surface area contributed by atoms with E-state index in [2.05, 4.69) is 0 Å². The number of phenolic OH excluding ortho intramolecular Hbond substituents is 1. The molecular formula is C20H16O7. The van der Waals surface area contributed by atoms with Gasteiger partial charge in [0.1, 0.15) is 35.9 Å². The van der Waals surface area contributed by atoms with Gasteiger partial charge in [0.2, 0.25) is 5.43 Å². The van der Waals surface area contributed by atoms with Gasteiger partial charge < -0.3 is 23.7 Å². The standard InChI is InChI=1S/C20H16O7/c21-16-7-3-1-5-13(16)19(23)25-9-12-10-26-20(27-12)15-11-24-17-8-4-2-6-14(17)18(15)22/h1-8,11-12,20-21H,9-10H2. The molecule has 1 aliphatic heterocycles. The van der Waals surface area contributed by atoms with E-state index >= 15 is 0 Å². The molecule has 2 aromatic carbocycles. The minimum atomic E-state index is -0.889. The number of esters is 1. The summed E-state index contributed by atoms with van der Waals surface area (Å²) in [4.78, 5) is 24.6. The molecule has 1 aliphatic rings. The van der Waals surface area contributed by atoms with Crippen molar-refractivity contribution in [3.05, 3.63) is 76.1 Å². The Balaban J connectivity index is 1.42. The van der Waals surface area contributed by atoms with Crippen molar-refractivity contribution >= 4 is 16.9 Å². The van der Waals surface area contributed by atoms with E-state index in [1.54, 1.807) is 36.4 Å². The Bertz CT molecular complexity index is 1040. The van der Waals surface area contributed by atoms with Gasteiger partial charge >= 0.3 is 5.97 Å². The minimum absolute atomic E-state index is 0.0669. The highest BCUT2D eigenvalue weighted by Crippen LogP contribution is 2.27. The Kier molecular flexibility index (Phi) is 4.62. The Morgan fingerprint density at radius 2 is 1.93 bits per heavy atom. The van der Waals surface area contributed by atoms with Gasteiger partial charge in [-0.25, -0.2) is 4.79 Å². The zero-order valence-electron chi connectivity index (χ0n) is 14.2. The molecule has 7 heteroatoms. The fraction of sp³-hybridized carbons (Fsp3) is 0.200. The average Bonchev–Trinajstić information content (AvgIpc) is 3.16. The zero-order valence-corrected chi connectivity index (χ0v) is 14.2. The summed E-state index contributed by atoms with van der Waals surface area (Å²) in [6, 6.07) is 13.0. The van der Waals surface area contributed by atoms with Crippen molar-refractivity contribution in [2.24, 2.45) is 0 Å². The van der Waals surface area contributed by atoms with Crippen LogP contribution in [0.4, 0.5) is 0 Å². The molecule has 27 heavy (non-hydrogen) atoms. The second-order valence-electron chi connectivity index (χ2n) is 6.06. The molecule has 138 valence electrons. The second kappa shape index (κ2) is 7.22. The Morgan fingerprint density at radius 1 is 1.15 bits per heavy atom. The fourth-order valence-corrected chi connectivity index (χ4v) is 2.85. The third kappa shape index (κ3) is 3.42. The van der Waals surface area contributed by atoms with Crippen molar-refractivity contribution in [1.82, 2.24) is 0 Å². The normalized spacial score (nSPS) is 19.3. The third-order valence-electron chi connectivity index (χ3n) is 4.23. The average molecular weight is 368 g/mol. The van der Waals surface area contributed by atoms with Gasteiger partial charge in [0, 0.05) is 0 Å². The lowest BCUT2D eigenvalue weighted by atomic mass is 10.1. The Hall–Kier alpha value is -3.16. The molecule has 2 heterocycles. The van der Waals surface area contributed by atoms with E-state index in [-0.39, 0.29) is 35.5 Å². The number of hydrogen-bond donors (Lipinski definition) is 1. The maximum Gasteiger partial charge on any atom is 0.342 e. The van der Waals surface area contributed by atoms with Crippen LogP contribution in [0.15, 0.2) is 64.0 Å². The third-order valence-corrected chi connectivity index (χ3v) is 4.23. The van der Waals surface area contributed by atoms with Crippen molar-refractivity contribution < 1.29 is 28.5 Å². The topological polar surface area (TPSA) is 95.2 Å². The van der Waals surface area contributed by atoms with Gasteiger partial charge in [-0.15, -0.1) is 0 Å². The molecule has 0 amide bonds. The van der Waals surface area contributed by atoms with Crippen molar-refractivity contribution in [3.8, 4) is 5.75 Å². The van der Waals surface area contributed by atoms with Crippen molar-refractivity contribution in [3.63, 3.8) is 0 Å². The summed E-state index contributed by atoms with van der Waals surface area (Å²) in [5.41, 5.74) is 0.581. The first kappa shape index (κ1) is 17.3. The lowest BCUT2D eigenvalue weighted by molar-refractivity contribution is -0.0710. The number of hydrogen-bond acceptors (Lipinski definition) is 7. The summed E-state index contributed by atoms with van der Waals surface area (Å²) < 4.78 is 21.8. The molecule has 1 fully saturated rings. The number of aromatic hydroxyl groups is 1. The predicted octanol–water partition coefficient (Wildman–Crippen LogP) is 2.77. The molecule has 1 N–H and O–H groups in total. The maximum atomic E-state index is 12.6. The van der Waals surface area contributed by atoms with E-state index in [0.29, 0.717) is 11.0 Å². The number of benzene rings is 2. The molecule has 1 saturated heterocycles. The maximum absolute atomic E-state index is 12.6. The van der Waals surface area contributed by atoms with Crippen LogP contribution in [0.1, 0.15) is 22.2 Å². The van der Waals surface area contributed by atoms with E-state index in [1.165, 1.54) is 18.4 Å². The van der Waals surface area contributed by atoms with Crippen LogP contribution >= 0.6 is 0 Å². The summed E-state index contributed by atoms with van der Waals surface area (Å²) in [7, 11) is 0. The van der Waals surface area contributed by atoms with Crippen LogP contribution in [0.5, 0.6) is 5.75 Å². The van der Waals surface area contributed by atoms with Crippen LogP contribution in [0.3, 0.4) is 0 Å². The summed E-state index contributed by atoms with van der Waals surface area (Å²) >= 11 is 0. The van der Waals surface area contributed by atoms with Gasteiger partial charge in [-0.1, -0.05) is 24.3 Å². The molecule has 0 aliphatic carbocycles.